The number of benzene rings is 2. The van der Waals surface area contributed by atoms with Gasteiger partial charge in [-0.2, -0.15) is 0 Å². The molecule has 0 unspecified atom stereocenters. The van der Waals surface area contributed by atoms with E-state index in [1.165, 1.54) is 5.56 Å². The molecular formula is C21H22N2O2. The van der Waals surface area contributed by atoms with Crippen LogP contribution in [-0.2, 0) is 11.2 Å². The van der Waals surface area contributed by atoms with Crippen molar-refractivity contribution in [2.45, 2.75) is 19.8 Å². The van der Waals surface area contributed by atoms with E-state index in [0.29, 0.717) is 6.42 Å². The van der Waals surface area contributed by atoms with Gasteiger partial charge in [0.2, 0.25) is 5.91 Å². The number of aromatic nitrogens is 1. The minimum Gasteiger partial charge on any atom is -0.497 e. The van der Waals surface area contributed by atoms with Crippen molar-refractivity contribution < 1.29 is 9.53 Å². The van der Waals surface area contributed by atoms with Crippen molar-refractivity contribution >= 4 is 16.8 Å². The van der Waals surface area contributed by atoms with Crippen molar-refractivity contribution in [2.75, 3.05) is 14.2 Å². The molecule has 0 saturated heterocycles. The fourth-order valence-corrected chi connectivity index (χ4v) is 2.91. The first kappa shape index (κ1) is 17.0. The summed E-state index contributed by atoms with van der Waals surface area (Å²) in [6.45, 7) is 2.09. The van der Waals surface area contributed by atoms with Crippen LogP contribution in [0.1, 0.15) is 17.5 Å². The molecule has 3 aromatic rings. The molecule has 0 atom stereocenters. The topological polar surface area (TPSA) is 51.2 Å². The highest BCUT2D eigenvalue weighted by Crippen LogP contribution is 2.27. The van der Waals surface area contributed by atoms with Crippen molar-refractivity contribution in [2.24, 2.45) is 0 Å². The first-order chi connectivity index (χ1) is 12.1. The van der Waals surface area contributed by atoms with E-state index >= 15 is 0 Å². The summed E-state index contributed by atoms with van der Waals surface area (Å²) >= 11 is 0. The molecule has 0 fully saturated rings. The molecule has 1 aromatic heterocycles. The van der Waals surface area contributed by atoms with Gasteiger partial charge in [0.1, 0.15) is 5.75 Å². The lowest BCUT2D eigenvalue weighted by molar-refractivity contribution is -0.120. The number of amides is 1. The van der Waals surface area contributed by atoms with Gasteiger partial charge in [-0.05, 0) is 54.8 Å². The van der Waals surface area contributed by atoms with Crippen molar-refractivity contribution in [3.63, 3.8) is 0 Å². The molecule has 128 valence electrons. The summed E-state index contributed by atoms with van der Waals surface area (Å²) in [5.41, 5.74) is 5.25. The van der Waals surface area contributed by atoms with Crippen LogP contribution in [0.2, 0.25) is 0 Å². The molecule has 0 saturated carbocycles. The number of pyridine rings is 1. The Morgan fingerprint density at radius 1 is 1.16 bits per heavy atom. The van der Waals surface area contributed by atoms with Crippen LogP contribution in [0.15, 0.2) is 48.5 Å². The molecule has 0 radical (unpaired) electrons. The second-order valence-corrected chi connectivity index (χ2v) is 6.08. The minimum atomic E-state index is 0.0586. The molecule has 0 aliphatic carbocycles. The highest BCUT2D eigenvalue weighted by molar-refractivity contribution is 5.86. The molecule has 0 spiro atoms. The van der Waals surface area contributed by atoms with E-state index < -0.39 is 0 Å². The van der Waals surface area contributed by atoms with Gasteiger partial charge in [-0.3, -0.25) is 4.79 Å². The highest BCUT2D eigenvalue weighted by atomic mass is 16.5. The SMILES string of the molecule is CNC(=O)CCc1ccc2nc(-c3cccc(OC)c3)cc(C)c2c1. The van der Waals surface area contributed by atoms with Gasteiger partial charge in [-0.1, -0.05) is 18.2 Å². The lowest BCUT2D eigenvalue weighted by Gasteiger charge is -2.10. The van der Waals surface area contributed by atoms with Crippen molar-refractivity contribution in [3.8, 4) is 17.0 Å². The summed E-state index contributed by atoms with van der Waals surface area (Å²) in [5.74, 6) is 0.880. The Bertz CT molecular complexity index is 919. The van der Waals surface area contributed by atoms with Crippen LogP contribution in [0, 0.1) is 6.92 Å². The average Bonchev–Trinajstić information content (AvgIpc) is 2.66. The zero-order valence-corrected chi connectivity index (χ0v) is 14.8. The zero-order valence-electron chi connectivity index (χ0n) is 14.8. The Labute approximate surface area is 147 Å². The normalized spacial score (nSPS) is 10.7. The molecule has 0 aliphatic heterocycles. The lowest BCUT2D eigenvalue weighted by Crippen LogP contribution is -2.17. The number of hydrogen-bond acceptors (Lipinski definition) is 3. The summed E-state index contributed by atoms with van der Waals surface area (Å²) in [5, 5.41) is 3.78. The fourth-order valence-electron chi connectivity index (χ4n) is 2.91. The average molecular weight is 334 g/mol. The number of carbonyl (C=O) groups is 1. The number of aryl methyl sites for hydroxylation is 2. The van der Waals surface area contributed by atoms with E-state index in [4.69, 9.17) is 9.72 Å². The maximum atomic E-state index is 11.4. The van der Waals surface area contributed by atoms with Crippen molar-refractivity contribution in [3.05, 3.63) is 59.7 Å². The standard InChI is InChI=1S/C21H22N2O2/c1-14-11-20(16-5-4-6-17(13-16)25-3)23-19-9-7-15(12-18(14)19)8-10-21(24)22-2/h4-7,9,11-13H,8,10H2,1-3H3,(H,22,24). The predicted molar refractivity (Wildman–Crippen MR) is 101 cm³/mol. The summed E-state index contributed by atoms with van der Waals surface area (Å²) < 4.78 is 5.30. The van der Waals surface area contributed by atoms with Crippen LogP contribution in [0.4, 0.5) is 0 Å². The van der Waals surface area contributed by atoms with Gasteiger partial charge in [0, 0.05) is 24.4 Å². The van der Waals surface area contributed by atoms with E-state index in [1.807, 2.05) is 36.4 Å². The second-order valence-electron chi connectivity index (χ2n) is 6.08. The van der Waals surface area contributed by atoms with Gasteiger partial charge in [-0.25, -0.2) is 4.98 Å². The van der Waals surface area contributed by atoms with Gasteiger partial charge in [0.05, 0.1) is 18.3 Å². The highest BCUT2D eigenvalue weighted by Gasteiger charge is 2.08. The lowest BCUT2D eigenvalue weighted by atomic mass is 10.0. The number of hydrogen-bond donors (Lipinski definition) is 1. The summed E-state index contributed by atoms with van der Waals surface area (Å²) in [7, 11) is 3.33. The third kappa shape index (κ3) is 3.79. The Hall–Kier alpha value is -2.88. The molecule has 4 heteroatoms. The minimum absolute atomic E-state index is 0.0586. The van der Waals surface area contributed by atoms with Crippen LogP contribution in [-0.4, -0.2) is 25.0 Å². The van der Waals surface area contributed by atoms with E-state index in [-0.39, 0.29) is 5.91 Å². The van der Waals surface area contributed by atoms with E-state index in [9.17, 15) is 4.79 Å². The fraction of sp³-hybridized carbons (Fsp3) is 0.238. The number of carbonyl (C=O) groups excluding carboxylic acids is 1. The molecule has 1 heterocycles. The third-order valence-corrected chi connectivity index (χ3v) is 4.37. The monoisotopic (exact) mass is 334 g/mol. The maximum Gasteiger partial charge on any atom is 0.220 e. The molecule has 1 amide bonds. The van der Waals surface area contributed by atoms with Gasteiger partial charge in [0.15, 0.2) is 0 Å². The first-order valence-corrected chi connectivity index (χ1v) is 8.36. The van der Waals surface area contributed by atoms with Crippen LogP contribution in [0.3, 0.4) is 0 Å². The predicted octanol–water partition coefficient (Wildman–Crippen LogP) is 3.90. The first-order valence-electron chi connectivity index (χ1n) is 8.36. The molecule has 3 rings (SSSR count). The molecular weight excluding hydrogens is 312 g/mol. The number of methoxy groups -OCH3 is 1. The molecule has 25 heavy (non-hydrogen) atoms. The number of nitrogens with one attached hydrogen (secondary N) is 1. The van der Waals surface area contributed by atoms with Crippen molar-refractivity contribution in [1.82, 2.24) is 10.3 Å². The Morgan fingerprint density at radius 3 is 2.76 bits per heavy atom. The number of ether oxygens (including phenoxy) is 1. The number of nitrogens with zero attached hydrogens (tertiary/aromatic N) is 1. The summed E-state index contributed by atoms with van der Waals surface area (Å²) in [6.07, 6.45) is 1.23. The van der Waals surface area contributed by atoms with Crippen LogP contribution in [0.25, 0.3) is 22.2 Å². The molecule has 0 aliphatic rings. The van der Waals surface area contributed by atoms with Gasteiger partial charge in [-0.15, -0.1) is 0 Å². The van der Waals surface area contributed by atoms with Crippen LogP contribution in [0.5, 0.6) is 5.75 Å². The summed E-state index contributed by atoms with van der Waals surface area (Å²) in [6, 6.07) is 16.2. The Kier molecular flexibility index (Phi) is 4.98. The Morgan fingerprint density at radius 2 is 2.00 bits per heavy atom. The number of rotatable bonds is 5. The maximum absolute atomic E-state index is 11.4. The number of fused-ring (bicyclic) bond motifs is 1. The van der Waals surface area contributed by atoms with E-state index in [0.717, 1.165) is 39.9 Å². The second kappa shape index (κ2) is 7.34. The molecule has 4 nitrogen and oxygen atoms in total. The molecule has 1 N–H and O–H groups in total. The molecule has 2 aromatic carbocycles. The van der Waals surface area contributed by atoms with E-state index in [2.05, 4.69) is 24.4 Å². The van der Waals surface area contributed by atoms with E-state index in [1.54, 1.807) is 14.2 Å². The van der Waals surface area contributed by atoms with Crippen LogP contribution < -0.4 is 10.1 Å². The van der Waals surface area contributed by atoms with Gasteiger partial charge >= 0.3 is 0 Å². The van der Waals surface area contributed by atoms with Crippen molar-refractivity contribution in [1.29, 1.82) is 0 Å². The smallest absolute Gasteiger partial charge is 0.220 e. The zero-order chi connectivity index (χ0) is 17.8. The van der Waals surface area contributed by atoms with Crippen LogP contribution >= 0.6 is 0 Å². The van der Waals surface area contributed by atoms with Gasteiger partial charge < -0.3 is 10.1 Å². The summed E-state index contributed by atoms with van der Waals surface area (Å²) in [4.78, 5) is 16.2. The Balaban J connectivity index is 1.95. The largest absolute Gasteiger partial charge is 0.497 e. The van der Waals surface area contributed by atoms with Gasteiger partial charge in [0.25, 0.3) is 0 Å². The molecule has 0 bridgehead atoms. The third-order valence-electron chi connectivity index (χ3n) is 4.37. The quantitative estimate of drug-likeness (QED) is 0.770.